The van der Waals surface area contributed by atoms with Crippen molar-refractivity contribution in [3.63, 3.8) is 0 Å². The predicted molar refractivity (Wildman–Crippen MR) is 215 cm³/mol. The topological polar surface area (TPSA) is 17.8 Å². The fraction of sp³-hybridized carbons (Fsp3) is 0. The Morgan fingerprint density at radius 3 is 1.73 bits per heavy atom. The molecule has 238 valence electrons. The quantitative estimate of drug-likeness (QED) is 0.169. The van der Waals surface area contributed by atoms with Crippen molar-refractivity contribution in [2.75, 3.05) is 0 Å². The Labute approximate surface area is 303 Å². The Morgan fingerprint density at radius 1 is 0.431 bits per heavy atom. The Balaban J connectivity index is 1.17. The first kappa shape index (κ1) is 24.4. The van der Waals surface area contributed by atoms with Gasteiger partial charge in [-0.25, -0.2) is 4.98 Å². The van der Waals surface area contributed by atoms with Crippen molar-refractivity contribution in [2.45, 2.75) is 0 Å². The van der Waals surface area contributed by atoms with Gasteiger partial charge in [0.25, 0.3) is 0 Å². The monoisotopic (exact) mass is 653 g/mol. The smallest absolute Gasteiger partial charge is 0.145 e. The lowest BCUT2D eigenvalue weighted by Gasteiger charge is -2.20. The molecule has 0 N–H and O–H groups in total. The van der Waals surface area contributed by atoms with Crippen molar-refractivity contribution in [3.8, 4) is 50.5 Å². The summed E-state index contributed by atoms with van der Waals surface area (Å²) in [6.45, 7) is 0. The van der Waals surface area contributed by atoms with Crippen LogP contribution in [0.15, 0.2) is 194 Å². The van der Waals surface area contributed by atoms with E-state index < -0.39 is 6.04 Å². The zero-order valence-corrected chi connectivity index (χ0v) is 27.5. The number of hydrogen-bond donors (Lipinski definition) is 0. The van der Waals surface area contributed by atoms with Gasteiger partial charge in [-0.3, -0.25) is 4.57 Å². The number of fused-ring (bicyclic) bond motifs is 4. The maximum absolute atomic E-state index is 8.83. The van der Waals surface area contributed by atoms with Crippen molar-refractivity contribution in [3.05, 3.63) is 194 Å². The Morgan fingerprint density at radius 2 is 1.00 bits per heavy atom. The number of nitrogens with zero attached hydrogens (tertiary/aromatic N) is 2. The van der Waals surface area contributed by atoms with E-state index in [4.69, 9.17) is 11.8 Å². The van der Waals surface area contributed by atoms with Crippen LogP contribution in [-0.4, -0.2) is 9.55 Å². The molecule has 0 unspecified atom stereocenters. The first-order valence-electron chi connectivity index (χ1n) is 19.6. The second-order valence-corrected chi connectivity index (χ2v) is 12.8. The molecule has 2 nitrogen and oxygen atoms in total. The third kappa shape index (κ3) is 4.84. The van der Waals surface area contributed by atoms with Gasteiger partial charge in [0, 0.05) is 11.3 Å². The minimum atomic E-state index is -0.404. The third-order valence-corrected chi connectivity index (χ3v) is 9.88. The number of para-hydroxylation sites is 2. The van der Waals surface area contributed by atoms with Gasteiger partial charge >= 0.3 is 0 Å². The van der Waals surface area contributed by atoms with Gasteiger partial charge in [0.05, 0.1) is 17.9 Å². The van der Waals surface area contributed by atoms with Gasteiger partial charge in [-0.2, -0.15) is 0 Å². The molecule has 0 aliphatic rings. The molecule has 1 heterocycles. The molecule has 0 fully saturated rings. The van der Waals surface area contributed by atoms with E-state index in [1.807, 2.05) is 54.6 Å². The summed E-state index contributed by atoms with van der Waals surface area (Å²) in [5, 5.41) is 6.46. The van der Waals surface area contributed by atoms with E-state index >= 15 is 0 Å². The highest BCUT2D eigenvalue weighted by Crippen LogP contribution is 2.46. The Bertz CT molecular complexity index is 3120. The summed E-state index contributed by atoms with van der Waals surface area (Å²) in [6.07, 6.45) is 0. The van der Waals surface area contributed by atoms with Crippen molar-refractivity contribution >= 4 is 43.4 Å². The van der Waals surface area contributed by atoms with Gasteiger partial charge in [-0.1, -0.05) is 170 Å². The second-order valence-electron chi connectivity index (χ2n) is 12.8. The molecule has 0 bridgehead atoms. The van der Waals surface area contributed by atoms with Crippen LogP contribution in [0.3, 0.4) is 0 Å². The van der Waals surface area contributed by atoms with Crippen LogP contribution in [0.5, 0.6) is 0 Å². The van der Waals surface area contributed by atoms with Crippen LogP contribution in [0, 0.1) is 0 Å². The minimum Gasteiger partial charge on any atom is -0.292 e. The van der Waals surface area contributed by atoms with E-state index in [9.17, 15) is 0 Å². The Kier molecular flexibility index (Phi) is 5.73. The highest BCUT2D eigenvalue weighted by molar-refractivity contribution is 6.22. The molecule has 1 aromatic heterocycles. The normalized spacial score (nSPS) is 12.9. The molecular formula is C49H32N2. The standard InChI is InChI=1S/C49H32N2/c1-2-15-34(16-3-1)39-18-6-7-19-40(39)48-43-22-10-8-20-41(43)47(42-21-9-11-23-44(42)48)35-26-28-36(29-27-35)49-50-45-24-12-13-25-46(45)51(49)38-31-30-33-14-4-5-17-37(33)32-38/h1-32H/i1D,2D,3D,15D,16D. The highest BCUT2D eigenvalue weighted by atomic mass is 15.1. The van der Waals surface area contributed by atoms with Gasteiger partial charge in [-0.15, -0.1) is 0 Å². The maximum Gasteiger partial charge on any atom is 0.145 e. The van der Waals surface area contributed by atoms with Crippen LogP contribution in [0.25, 0.3) is 93.8 Å². The lowest BCUT2D eigenvalue weighted by atomic mass is 9.84. The molecule has 2 heteroatoms. The highest BCUT2D eigenvalue weighted by Gasteiger charge is 2.20. The molecule has 0 aliphatic heterocycles. The zero-order chi connectivity index (χ0) is 38.1. The average molecular weight is 654 g/mol. The van der Waals surface area contributed by atoms with Crippen molar-refractivity contribution < 1.29 is 6.85 Å². The van der Waals surface area contributed by atoms with E-state index in [1.165, 1.54) is 10.8 Å². The summed E-state index contributed by atoms with van der Waals surface area (Å²) in [7, 11) is 0. The fourth-order valence-electron chi connectivity index (χ4n) is 7.62. The lowest BCUT2D eigenvalue weighted by Crippen LogP contribution is -1.98. The summed E-state index contributed by atoms with van der Waals surface area (Å²) < 4.78 is 44.9. The molecule has 0 saturated heterocycles. The summed E-state index contributed by atoms with van der Waals surface area (Å²) >= 11 is 0. The summed E-state index contributed by atoms with van der Waals surface area (Å²) in [4.78, 5) is 5.15. The van der Waals surface area contributed by atoms with E-state index in [-0.39, 0.29) is 29.7 Å². The van der Waals surface area contributed by atoms with E-state index in [2.05, 4.69) is 114 Å². The van der Waals surface area contributed by atoms with Crippen LogP contribution in [0.2, 0.25) is 0 Å². The van der Waals surface area contributed by atoms with E-state index in [0.29, 0.717) is 5.56 Å². The molecule has 0 aliphatic carbocycles. The molecule has 0 saturated carbocycles. The van der Waals surface area contributed by atoms with Gasteiger partial charge in [0.2, 0.25) is 0 Å². The fourth-order valence-corrected chi connectivity index (χ4v) is 7.62. The van der Waals surface area contributed by atoms with Gasteiger partial charge in [-0.05, 0) is 90.0 Å². The van der Waals surface area contributed by atoms with Crippen LogP contribution in [0.1, 0.15) is 6.85 Å². The predicted octanol–water partition coefficient (Wildman–Crippen LogP) is 13.2. The summed E-state index contributed by atoms with van der Waals surface area (Å²) in [5.74, 6) is 0.863. The number of benzene rings is 9. The molecule has 0 spiro atoms. The summed E-state index contributed by atoms with van der Waals surface area (Å²) in [5.41, 5.74) is 8.68. The van der Waals surface area contributed by atoms with Crippen LogP contribution < -0.4 is 0 Å². The molecule has 0 atom stereocenters. The Hall–Kier alpha value is -6.77. The molecule has 10 rings (SSSR count). The zero-order valence-electron chi connectivity index (χ0n) is 32.5. The second kappa shape index (κ2) is 12.0. The molecular weight excluding hydrogens is 617 g/mol. The lowest BCUT2D eigenvalue weighted by molar-refractivity contribution is 1.11. The van der Waals surface area contributed by atoms with Crippen LogP contribution >= 0.6 is 0 Å². The number of hydrogen-bond acceptors (Lipinski definition) is 1. The average Bonchev–Trinajstić information content (AvgIpc) is 3.64. The molecule has 0 amide bonds. The first-order chi connectivity index (χ1) is 27.4. The third-order valence-electron chi connectivity index (χ3n) is 9.88. The molecule has 0 radical (unpaired) electrons. The van der Waals surface area contributed by atoms with E-state index in [0.717, 1.165) is 71.9 Å². The van der Waals surface area contributed by atoms with Crippen molar-refractivity contribution in [2.24, 2.45) is 0 Å². The van der Waals surface area contributed by atoms with Crippen LogP contribution in [-0.2, 0) is 0 Å². The first-order valence-corrected chi connectivity index (χ1v) is 17.1. The molecule has 51 heavy (non-hydrogen) atoms. The van der Waals surface area contributed by atoms with Crippen molar-refractivity contribution in [1.82, 2.24) is 9.55 Å². The number of aromatic nitrogens is 2. The van der Waals surface area contributed by atoms with Crippen molar-refractivity contribution in [1.29, 1.82) is 0 Å². The maximum atomic E-state index is 8.83. The summed E-state index contributed by atoms with van der Waals surface area (Å²) in [6, 6.07) is 54.6. The largest absolute Gasteiger partial charge is 0.292 e. The number of rotatable bonds is 5. The number of imidazole rings is 1. The molecule has 10 aromatic rings. The SMILES string of the molecule is [2H]c1c([2H])c([2H])c(-c2ccccc2-c2c3ccccc3c(-c3ccc(-c4nc5ccccc5n4-c4ccc5ccccc5c4)cc3)c3ccccc23)c([2H])c1[2H]. The van der Waals surface area contributed by atoms with Gasteiger partial charge < -0.3 is 0 Å². The van der Waals surface area contributed by atoms with Crippen LogP contribution in [0.4, 0.5) is 0 Å². The van der Waals surface area contributed by atoms with Gasteiger partial charge in [0.15, 0.2) is 0 Å². The van der Waals surface area contributed by atoms with Gasteiger partial charge in [0.1, 0.15) is 5.82 Å². The molecule has 9 aromatic carbocycles. The van der Waals surface area contributed by atoms with E-state index in [1.54, 1.807) is 0 Å². The minimum absolute atomic E-state index is 0.189.